The third kappa shape index (κ3) is 1.72. The van der Waals surface area contributed by atoms with Crippen LogP contribution in [0.25, 0.3) is 5.65 Å². The van der Waals surface area contributed by atoms with Crippen molar-refractivity contribution in [1.82, 2.24) is 9.38 Å². The van der Waals surface area contributed by atoms with Gasteiger partial charge >= 0.3 is 0 Å². The standard InChI is InChI=1S/C14H17N3O/c1-10-6-5-9-12-15-13(14(16-18)17(10)12)11-7-3-2-4-8-11/h5-6,9,11H,2-4,7-8H2,1H3. The van der Waals surface area contributed by atoms with Crippen molar-refractivity contribution in [3.63, 3.8) is 0 Å². The molecule has 0 spiro atoms. The number of rotatable bonds is 2. The Kier molecular flexibility index (Phi) is 2.86. The molecule has 2 heterocycles. The molecule has 0 N–H and O–H groups in total. The van der Waals surface area contributed by atoms with Crippen molar-refractivity contribution in [2.75, 3.05) is 0 Å². The molecule has 0 bridgehead atoms. The van der Waals surface area contributed by atoms with Crippen LogP contribution >= 0.6 is 0 Å². The van der Waals surface area contributed by atoms with E-state index in [2.05, 4.69) is 10.2 Å². The fourth-order valence-corrected chi connectivity index (χ4v) is 2.99. The molecule has 94 valence electrons. The van der Waals surface area contributed by atoms with Crippen LogP contribution in [0.1, 0.15) is 49.4 Å². The van der Waals surface area contributed by atoms with Crippen LogP contribution in [0.5, 0.6) is 0 Å². The first-order chi connectivity index (χ1) is 8.81. The summed E-state index contributed by atoms with van der Waals surface area (Å²) >= 11 is 0. The summed E-state index contributed by atoms with van der Waals surface area (Å²) in [6.07, 6.45) is 6.02. The van der Waals surface area contributed by atoms with Crippen LogP contribution in [-0.4, -0.2) is 9.38 Å². The highest BCUT2D eigenvalue weighted by Gasteiger charge is 2.24. The van der Waals surface area contributed by atoms with Crippen molar-refractivity contribution in [2.24, 2.45) is 5.18 Å². The summed E-state index contributed by atoms with van der Waals surface area (Å²) in [6.45, 7) is 1.98. The molecule has 4 nitrogen and oxygen atoms in total. The van der Waals surface area contributed by atoms with Crippen molar-refractivity contribution >= 4 is 11.5 Å². The minimum absolute atomic E-state index is 0.408. The van der Waals surface area contributed by atoms with E-state index in [0.717, 1.165) is 29.9 Å². The quantitative estimate of drug-likeness (QED) is 0.746. The SMILES string of the molecule is Cc1cccc2nc(C3CCCCC3)c(N=O)n12. The lowest BCUT2D eigenvalue weighted by Gasteiger charge is -2.19. The Morgan fingerprint density at radius 2 is 2.06 bits per heavy atom. The molecule has 0 saturated heterocycles. The fourth-order valence-electron chi connectivity index (χ4n) is 2.99. The van der Waals surface area contributed by atoms with Gasteiger partial charge in [0.05, 0.1) is 5.69 Å². The zero-order chi connectivity index (χ0) is 12.5. The van der Waals surface area contributed by atoms with E-state index < -0.39 is 0 Å². The van der Waals surface area contributed by atoms with Crippen LogP contribution in [0.2, 0.25) is 0 Å². The van der Waals surface area contributed by atoms with Gasteiger partial charge in [-0.15, -0.1) is 4.91 Å². The predicted molar refractivity (Wildman–Crippen MR) is 71.2 cm³/mol. The monoisotopic (exact) mass is 243 g/mol. The van der Waals surface area contributed by atoms with Crippen LogP contribution in [0, 0.1) is 11.8 Å². The number of aryl methyl sites for hydroxylation is 1. The largest absolute Gasteiger partial charge is 0.279 e. The van der Waals surface area contributed by atoms with E-state index in [9.17, 15) is 4.91 Å². The van der Waals surface area contributed by atoms with Gasteiger partial charge in [0.2, 0.25) is 5.82 Å². The van der Waals surface area contributed by atoms with Crippen LogP contribution in [0.4, 0.5) is 5.82 Å². The molecule has 0 unspecified atom stereocenters. The molecule has 0 aromatic carbocycles. The minimum atomic E-state index is 0.408. The average molecular weight is 243 g/mol. The van der Waals surface area contributed by atoms with Crippen molar-refractivity contribution < 1.29 is 0 Å². The lowest BCUT2D eigenvalue weighted by Crippen LogP contribution is -2.05. The van der Waals surface area contributed by atoms with Crippen molar-refractivity contribution in [3.05, 3.63) is 34.5 Å². The molecule has 0 radical (unpaired) electrons. The summed E-state index contributed by atoms with van der Waals surface area (Å²) in [5, 5.41) is 3.25. The van der Waals surface area contributed by atoms with Crippen LogP contribution in [-0.2, 0) is 0 Å². The molecular weight excluding hydrogens is 226 g/mol. The summed E-state index contributed by atoms with van der Waals surface area (Å²) in [5.74, 6) is 0.917. The van der Waals surface area contributed by atoms with E-state index in [1.807, 2.05) is 29.5 Å². The first kappa shape index (κ1) is 11.4. The number of nitrogens with zero attached hydrogens (tertiary/aromatic N) is 3. The highest BCUT2D eigenvalue weighted by atomic mass is 16.3. The van der Waals surface area contributed by atoms with E-state index in [1.54, 1.807) is 0 Å². The minimum Gasteiger partial charge on any atom is -0.279 e. The topological polar surface area (TPSA) is 46.7 Å². The lowest BCUT2D eigenvalue weighted by atomic mass is 9.87. The van der Waals surface area contributed by atoms with Crippen molar-refractivity contribution in [1.29, 1.82) is 0 Å². The maximum atomic E-state index is 11.2. The Labute approximate surface area is 106 Å². The Morgan fingerprint density at radius 1 is 1.28 bits per heavy atom. The summed E-state index contributed by atoms with van der Waals surface area (Å²) in [4.78, 5) is 15.8. The number of hydrogen-bond donors (Lipinski definition) is 0. The molecule has 0 amide bonds. The molecule has 1 aliphatic carbocycles. The fraction of sp³-hybridized carbons (Fsp3) is 0.500. The van der Waals surface area contributed by atoms with Crippen LogP contribution in [0.3, 0.4) is 0 Å². The van der Waals surface area contributed by atoms with Gasteiger partial charge in [0.1, 0.15) is 5.65 Å². The predicted octanol–water partition coefficient (Wildman–Crippen LogP) is 4.09. The van der Waals surface area contributed by atoms with Gasteiger partial charge in [-0.2, -0.15) is 0 Å². The lowest BCUT2D eigenvalue weighted by molar-refractivity contribution is 0.438. The van der Waals surface area contributed by atoms with Gasteiger partial charge in [0.15, 0.2) is 0 Å². The number of fused-ring (bicyclic) bond motifs is 1. The van der Waals surface area contributed by atoms with Crippen LogP contribution < -0.4 is 0 Å². The molecular formula is C14H17N3O. The molecule has 1 saturated carbocycles. The number of pyridine rings is 1. The third-order valence-electron chi connectivity index (χ3n) is 3.92. The second-order valence-corrected chi connectivity index (χ2v) is 5.11. The molecule has 1 aliphatic rings. The molecule has 2 aromatic heterocycles. The maximum Gasteiger partial charge on any atom is 0.205 e. The Balaban J connectivity index is 2.16. The number of nitroso groups, excluding NO2 is 1. The van der Waals surface area contributed by atoms with Gasteiger partial charge in [-0.05, 0) is 37.1 Å². The molecule has 0 aliphatic heterocycles. The van der Waals surface area contributed by atoms with Gasteiger partial charge in [-0.3, -0.25) is 4.40 Å². The number of aromatic nitrogens is 2. The first-order valence-electron chi connectivity index (χ1n) is 6.62. The zero-order valence-electron chi connectivity index (χ0n) is 10.6. The molecule has 3 rings (SSSR count). The van der Waals surface area contributed by atoms with Gasteiger partial charge < -0.3 is 0 Å². The van der Waals surface area contributed by atoms with Gasteiger partial charge in [-0.25, -0.2) is 4.98 Å². The highest BCUT2D eigenvalue weighted by molar-refractivity contribution is 5.54. The smallest absolute Gasteiger partial charge is 0.205 e. The van der Waals surface area contributed by atoms with Gasteiger partial charge in [-0.1, -0.05) is 25.3 Å². The molecule has 18 heavy (non-hydrogen) atoms. The van der Waals surface area contributed by atoms with E-state index in [-0.39, 0.29) is 0 Å². The molecule has 0 atom stereocenters. The number of hydrogen-bond acceptors (Lipinski definition) is 3. The average Bonchev–Trinajstić information content (AvgIpc) is 2.79. The first-order valence-corrected chi connectivity index (χ1v) is 6.62. The normalized spacial score (nSPS) is 17.2. The van der Waals surface area contributed by atoms with E-state index >= 15 is 0 Å². The maximum absolute atomic E-state index is 11.2. The summed E-state index contributed by atoms with van der Waals surface area (Å²) in [7, 11) is 0. The summed E-state index contributed by atoms with van der Waals surface area (Å²) < 4.78 is 1.87. The zero-order valence-corrected chi connectivity index (χ0v) is 10.6. The summed E-state index contributed by atoms with van der Waals surface area (Å²) in [6, 6.07) is 5.89. The third-order valence-corrected chi connectivity index (χ3v) is 3.92. The Morgan fingerprint density at radius 3 is 2.78 bits per heavy atom. The second kappa shape index (κ2) is 4.52. The van der Waals surface area contributed by atoms with Gasteiger partial charge in [0, 0.05) is 11.6 Å². The molecule has 1 fully saturated rings. The van der Waals surface area contributed by atoms with Crippen molar-refractivity contribution in [2.45, 2.75) is 44.9 Å². The van der Waals surface area contributed by atoms with E-state index in [0.29, 0.717) is 11.7 Å². The van der Waals surface area contributed by atoms with E-state index in [1.165, 1.54) is 19.3 Å². The Bertz CT molecular complexity index is 582. The van der Waals surface area contributed by atoms with E-state index in [4.69, 9.17) is 0 Å². The molecule has 2 aromatic rings. The second-order valence-electron chi connectivity index (χ2n) is 5.11. The van der Waals surface area contributed by atoms with Crippen molar-refractivity contribution in [3.8, 4) is 0 Å². The Hall–Kier alpha value is -1.71. The summed E-state index contributed by atoms with van der Waals surface area (Å²) in [5.41, 5.74) is 2.75. The molecule has 4 heteroatoms. The van der Waals surface area contributed by atoms with Crippen LogP contribution in [0.15, 0.2) is 23.4 Å². The number of imidazole rings is 1. The van der Waals surface area contributed by atoms with Gasteiger partial charge in [0.25, 0.3) is 0 Å². The highest BCUT2D eigenvalue weighted by Crippen LogP contribution is 2.37.